The summed E-state index contributed by atoms with van der Waals surface area (Å²) in [7, 11) is 0. The van der Waals surface area contributed by atoms with Gasteiger partial charge in [0.15, 0.2) is 0 Å². The molecule has 1 amide bonds. The molecule has 0 saturated heterocycles. The van der Waals surface area contributed by atoms with E-state index >= 15 is 0 Å². The predicted molar refractivity (Wildman–Crippen MR) is 113 cm³/mol. The van der Waals surface area contributed by atoms with Gasteiger partial charge in [-0.25, -0.2) is 0 Å². The van der Waals surface area contributed by atoms with Gasteiger partial charge in [0.2, 0.25) is 5.91 Å². The van der Waals surface area contributed by atoms with Crippen LogP contribution in [0.3, 0.4) is 0 Å². The number of nitrogens with one attached hydrogen (secondary N) is 1. The summed E-state index contributed by atoms with van der Waals surface area (Å²) in [6.07, 6.45) is -0.670. The normalized spacial score (nSPS) is 12.6. The highest BCUT2D eigenvalue weighted by molar-refractivity contribution is 5.78. The van der Waals surface area contributed by atoms with Crippen LogP contribution >= 0.6 is 0 Å². The highest BCUT2D eigenvalue weighted by Gasteiger charge is 2.18. The molecule has 0 bridgehead atoms. The van der Waals surface area contributed by atoms with E-state index in [4.69, 9.17) is 4.74 Å². The van der Waals surface area contributed by atoms with Crippen molar-refractivity contribution in [3.8, 4) is 16.9 Å². The zero-order chi connectivity index (χ0) is 20.6. The summed E-state index contributed by atoms with van der Waals surface area (Å²) in [5.74, 6) is 0.672. The molecule has 2 rings (SSSR count). The van der Waals surface area contributed by atoms with Crippen LogP contribution in [-0.2, 0) is 4.79 Å². The molecular weight excluding hydrogens is 352 g/mol. The molecule has 0 aromatic heterocycles. The molecular formula is C23H32N2O3. The van der Waals surface area contributed by atoms with Crippen LogP contribution in [0, 0.1) is 0 Å². The van der Waals surface area contributed by atoms with Gasteiger partial charge in [-0.2, -0.15) is 0 Å². The Bertz CT molecular complexity index is 724. The summed E-state index contributed by atoms with van der Waals surface area (Å²) in [6, 6.07) is 18.0. The van der Waals surface area contributed by atoms with Crippen molar-refractivity contribution < 1.29 is 14.6 Å². The van der Waals surface area contributed by atoms with Crippen LogP contribution in [0.4, 0.5) is 0 Å². The van der Waals surface area contributed by atoms with E-state index in [1.807, 2.05) is 75.1 Å². The molecule has 0 fully saturated rings. The Morgan fingerprint density at radius 1 is 1.07 bits per heavy atom. The third-order valence-electron chi connectivity index (χ3n) is 4.20. The topological polar surface area (TPSA) is 61.8 Å². The molecule has 2 aromatic carbocycles. The Morgan fingerprint density at radius 2 is 1.68 bits per heavy atom. The number of hydrogen-bond acceptors (Lipinski definition) is 4. The molecule has 0 spiro atoms. The van der Waals surface area contributed by atoms with Crippen LogP contribution in [0.5, 0.6) is 5.75 Å². The van der Waals surface area contributed by atoms with Gasteiger partial charge in [0, 0.05) is 12.1 Å². The fourth-order valence-electron chi connectivity index (χ4n) is 2.88. The van der Waals surface area contributed by atoms with Gasteiger partial charge in [-0.05, 0) is 50.6 Å². The second-order valence-corrected chi connectivity index (χ2v) is 7.98. The number of benzene rings is 2. The van der Waals surface area contributed by atoms with Gasteiger partial charge in [-0.15, -0.1) is 0 Å². The van der Waals surface area contributed by atoms with Crippen LogP contribution in [0.1, 0.15) is 27.7 Å². The number of aliphatic hydroxyl groups excluding tert-OH is 1. The molecule has 5 heteroatoms. The van der Waals surface area contributed by atoms with E-state index in [0.717, 1.165) is 11.1 Å². The summed E-state index contributed by atoms with van der Waals surface area (Å²) in [5.41, 5.74) is 2.01. The number of amides is 1. The summed E-state index contributed by atoms with van der Waals surface area (Å²) < 4.78 is 5.71. The van der Waals surface area contributed by atoms with Crippen molar-refractivity contribution in [1.82, 2.24) is 10.2 Å². The first kappa shape index (κ1) is 21.9. The predicted octanol–water partition coefficient (Wildman–Crippen LogP) is 3.33. The maximum Gasteiger partial charge on any atom is 0.234 e. The van der Waals surface area contributed by atoms with Gasteiger partial charge in [-0.3, -0.25) is 9.69 Å². The molecule has 152 valence electrons. The zero-order valence-electron chi connectivity index (χ0n) is 17.3. The Kier molecular flexibility index (Phi) is 8.03. The molecule has 0 aliphatic carbocycles. The Hall–Kier alpha value is -2.37. The second-order valence-electron chi connectivity index (χ2n) is 7.98. The number of nitrogens with zero attached hydrogens (tertiary/aromatic N) is 1. The van der Waals surface area contributed by atoms with E-state index in [2.05, 4.69) is 17.4 Å². The number of ether oxygens (including phenoxy) is 1. The molecule has 0 aliphatic rings. The first-order valence-corrected chi connectivity index (χ1v) is 9.76. The van der Waals surface area contributed by atoms with Gasteiger partial charge in [0.25, 0.3) is 0 Å². The minimum Gasteiger partial charge on any atom is -0.491 e. The lowest BCUT2D eigenvalue weighted by atomic mass is 10.1. The smallest absolute Gasteiger partial charge is 0.234 e. The summed E-state index contributed by atoms with van der Waals surface area (Å²) in [6.45, 7) is 9.34. The minimum atomic E-state index is -0.670. The van der Waals surface area contributed by atoms with Crippen LogP contribution in [0.25, 0.3) is 11.1 Å². The van der Waals surface area contributed by atoms with Gasteiger partial charge in [0.05, 0.1) is 6.54 Å². The van der Waals surface area contributed by atoms with Crippen molar-refractivity contribution in [2.24, 2.45) is 0 Å². The van der Waals surface area contributed by atoms with Crippen molar-refractivity contribution in [3.63, 3.8) is 0 Å². The maximum atomic E-state index is 12.1. The zero-order valence-corrected chi connectivity index (χ0v) is 17.3. The minimum absolute atomic E-state index is 0.0426. The number of aliphatic hydroxyl groups is 1. The molecule has 0 unspecified atom stereocenters. The lowest BCUT2D eigenvalue weighted by Crippen LogP contribution is -2.47. The van der Waals surface area contributed by atoms with Crippen molar-refractivity contribution in [2.45, 2.75) is 39.3 Å². The quantitative estimate of drug-likeness (QED) is 0.696. The molecule has 0 saturated carbocycles. The molecule has 0 radical (unpaired) electrons. The number of hydrogen-bond donors (Lipinski definition) is 2. The fourth-order valence-corrected chi connectivity index (χ4v) is 2.88. The van der Waals surface area contributed by atoms with Gasteiger partial charge in [-0.1, -0.05) is 49.4 Å². The van der Waals surface area contributed by atoms with Crippen molar-refractivity contribution in [2.75, 3.05) is 26.2 Å². The van der Waals surface area contributed by atoms with Gasteiger partial charge < -0.3 is 15.2 Å². The molecule has 28 heavy (non-hydrogen) atoms. The number of carbonyl (C=O) groups excluding carboxylic acids is 1. The van der Waals surface area contributed by atoms with E-state index in [0.29, 0.717) is 18.8 Å². The average molecular weight is 385 g/mol. The Labute approximate surface area is 168 Å². The first-order valence-electron chi connectivity index (χ1n) is 9.76. The molecule has 5 nitrogen and oxygen atoms in total. The van der Waals surface area contributed by atoms with Crippen molar-refractivity contribution >= 4 is 5.91 Å². The molecule has 0 aliphatic heterocycles. The average Bonchev–Trinajstić information content (AvgIpc) is 2.65. The highest BCUT2D eigenvalue weighted by atomic mass is 16.5. The monoisotopic (exact) mass is 384 g/mol. The third-order valence-corrected chi connectivity index (χ3v) is 4.20. The lowest BCUT2D eigenvalue weighted by Gasteiger charge is -2.26. The summed E-state index contributed by atoms with van der Waals surface area (Å²) >= 11 is 0. The number of likely N-dealkylation sites (N-methyl/N-ethyl adjacent to an activating group) is 1. The van der Waals surface area contributed by atoms with Gasteiger partial charge >= 0.3 is 0 Å². The second kappa shape index (κ2) is 10.2. The number of carbonyl (C=O) groups is 1. The molecule has 1 atom stereocenters. The SMILES string of the molecule is CCN(CC(=O)NC(C)(C)C)C[C@H](O)COc1ccc(-c2ccccc2)cc1. The van der Waals surface area contributed by atoms with E-state index in [1.54, 1.807) is 0 Å². The van der Waals surface area contributed by atoms with Crippen LogP contribution in [0.15, 0.2) is 54.6 Å². The molecule has 2 N–H and O–H groups in total. The first-order chi connectivity index (χ1) is 13.3. The standard InChI is InChI=1S/C23H32N2O3/c1-5-25(16-22(27)24-23(2,3)4)15-20(26)17-28-21-13-11-19(12-14-21)18-9-7-6-8-10-18/h6-14,20,26H,5,15-17H2,1-4H3,(H,24,27)/t20-/m0/s1. The lowest BCUT2D eigenvalue weighted by molar-refractivity contribution is -0.124. The van der Waals surface area contributed by atoms with Crippen LogP contribution in [-0.4, -0.2) is 53.8 Å². The highest BCUT2D eigenvalue weighted by Crippen LogP contribution is 2.22. The van der Waals surface area contributed by atoms with E-state index in [1.165, 1.54) is 0 Å². The third kappa shape index (κ3) is 7.71. The van der Waals surface area contributed by atoms with Crippen molar-refractivity contribution in [1.29, 1.82) is 0 Å². The van der Waals surface area contributed by atoms with Crippen molar-refractivity contribution in [3.05, 3.63) is 54.6 Å². The maximum absolute atomic E-state index is 12.1. The number of rotatable bonds is 9. The van der Waals surface area contributed by atoms with Crippen LogP contribution < -0.4 is 10.1 Å². The molecule has 2 aromatic rings. The van der Waals surface area contributed by atoms with Gasteiger partial charge in [0.1, 0.15) is 18.5 Å². The fraction of sp³-hybridized carbons (Fsp3) is 0.435. The van der Waals surface area contributed by atoms with E-state index < -0.39 is 6.10 Å². The van der Waals surface area contributed by atoms with E-state index in [9.17, 15) is 9.90 Å². The Morgan fingerprint density at radius 3 is 2.25 bits per heavy atom. The van der Waals surface area contributed by atoms with Crippen LogP contribution in [0.2, 0.25) is 0 Å². The van der Waals surface area contributed by atoms with E-state index in [-0.39, 0.29) is 24.6 Å². The summed E-state index contributed by atoms with van der Waals surface area (Å²) in [4.78, 5) is 14.0. The Balaban J connectivity index is 1.80. The largest absolute Gasteiger partial charge is 0.491 e. The molecule has 0 heterocycles. The summed E-state index contributed by atoms with van der Waals surface area (Å²) in [5, 5.41) is 13.2.